The molecule has 0 radical (unpaired) electrons. The van der Waals surface area contributed by atoms with Crippen LogP contribution in [0, 0.1) is 0 Å². The van der Waals surface area contributed by atoms with Crippen LogP contribution in [-0.2, 0) is 14.3 Å². The number of carboxylic acid groups (broad SMARTS) is 1. The topological polar surface area (TPSA) is 63.6 Å². The Kier molecular flexibility index (Phi) is 14.6. The van der Waals surface area contributed by atoms with E-state index in [-0.39, 0.29) is 5.97 Å². The third kappa shape index (κ3) is 16.9. The van der Waals surface area contributed by atoms with E-state index < -0.39 is 5.97 Å². The van der Waals surface area contributed by atoms with E-state index in [0.29, 0.717) is 19.4 Å². The number of rotatable bonds is 15. The lowest BCUT2D eigenvalue weighted by Crippen LogP contribution is -2.05. The third-order valence-corrected chi connectivity index (χ3v) is 3.53. The van der Waals surface area contributed by atoms with E-state index in [1.165, 1.54) is 25.7 Å². The van der Waals surface area contributed by atoms with Gasteiger partial charge in [0.15, 0.2) is 0 Å². The molecule has 0 unspecified atom stereocenters. The van der Waals surface area contributed by atoms with Crippen molar-refractivity contribution >= 4 is 11.9 Å². The van der Waals surface area contributed by atoms with E-state index in [9.17, 15) is 9.59 Å². The Hall–Kier alpha value is -1.06. The van der Waals surface area contributed by atoms with Crippen LogP contribution in [0.25, 0.3) is 0 Å². The van der Waals surface area contributed by atoms with E-state index in [2.05, 4.69) is 6.92 Å². The molecule has 0 bridgehead atoms. The number of esters is 1. The molecule has 0 fully saturated rings. The Labute approximate surface area is 129 Å². The molecule has 124 valence electrons. The highest BCUT2D eigenvalue weighted by Crippen LogP contribution is 2.10. The number of carbonyl (C=O) groups is 2. The van der Waals surface area contributed by atoms with Crippen LogP contribution < -0.4 is 0 Å². The maximum Gasteiger partial charge on any atom is 0.305 e. The monoisotopic (exact) mass is 300 g/mol. The van der Waals surface area contributed by atoms with Gasteiger partial charge in [-0.25, -0.2) is 0 Å². The molecule has 0 atom stereocenters. The summed E-state index contributed by atoms with van der Waals surface area (Å²) < 4.78 is 5.15. The van der Waals surface area contributed by atoms with Crippen molar-refractivity contribution in [2.24, 2.45) is 0 Å². The van der Waals surface area contributed by atoms with Crippen LogP contribution >= 0.6 is 0 Å². The Bertz CT molecular complexity index is 264. The van der Waals surface area contributed by atoms with Crippen LogP contribution in [0.1, 0.15) is 90.4 Å². The van der Waals surface area contributed by atoms with Crippen molar-refractivity contribution in [3.05, 3.63) is 0 Å². The molecule has 0 aromatic rings. The average Bonchev–Trinajstić information content (AvgIpc) is 2.45. The summed E-state index contributed by atoms with van der Waals surface area (Å²) in [5.74, 6) is -0.747. The first-order valence-corrected chi connectivity index (χ1v) is 8.54. The molecule has 0 aromatic heterocycles. The highest BCUT2D eigenvalue weighted by atomic mass is 16.5. The zero-order valence-corrected chi connectivity index (χ0v) is 13.6. The van der Waals surface area contributed by atoms with Crippen molar-refractivity contribution in [1.82, 2.24) is 0 Å². The number of ether oxygens (including phenoxy) is 1. The molecule has 0 heterocycles. The maximum atomic E-state index is 11.2. The minimum Gasteiger partial charge on any atom is -0.481 e. The zero-order chi connectivity index (χ0) is 15.8. The Morgan fingerprint density at radius 2 is 1.29 bits per heavy atom. The molecular formula is C17H32O4. The van der Waals surface area contributed by atoms with Crippen LogP contribution in [0.3, 0.4) is 0 Å². The molecule has 0 aromatic carbocycles. The third-order valence-electron chi connectivity index (χ3n) is 3.53. The summed E-state index contributed by atoms with van der Waals surface area (Å²) in [6.45, 7) is 2.64. The minimum atomic E-state index is -0.689. The summed E-state index contributed by atoms with van der Waals surface area (Å²) in [6, 6.07) is 0. The van der Waals surface area contributed by atoms with Gasteiger partial charge in [-0.15, -0.1) is 0 Å². The molecule has 1 N–H and O–H groups in total. The van der Waals surface area contributed by atoms with Crippen molar-refractivity contribution in [2.45, 2.75) is 90.4 Å². The van der Waals surface area contributed by atoms with Gasteiger partial charge in [0.05, 0.1) is 6.61 Å². The van der Waals surface area contributed by atoms with E-state index in [1.54, 1.807) is 0 Å². The van der Waals surface area contributed by atoms with Gasteiger partial charge in [0.2, 0.25) is 0 Å². The lowest BCUT2D eigenvalue weighted by atomic mass is 10.1. The molecule has 21 heavy (non-hydrogen) atoms. The summed E-state index contributed by atoms with van der Waals surface area (Å²) in [5.41, 5.74) is 0. The maximum absolute atomic E-state index is 11.2. The quantitative estimate of drug-likeness (QED) is 0.351. The van der Waals surface area contributed by atoms with Crippen molar-refractivity contribution in [3.8, 4) is 0 Å². The number of unbranched alkanes of at least 4 members (excludes halogenated alkanes) is 9. The number of hydrogen-bond donors (Lipinski definition) is 1. The smallest absolute Gasteiger partial charge is 0.305 e. The zero-order valence-electron chi connectivity index (χ0n) is 13.6. The van der Waals surface area contributed by atoms with Crippen molar-refractivity contribution < 1.29 is 19.4 Å². The fourth-order valence-corrected chi connectivity index (χ4v) is 2.20. The van der Waals surface area contributed by atoms with Gasteiger partial charge in [-0.2, -0.15) is 0 Å². The Morgan fingerprint density at radius 3 is 1.81 bits per heavy atom. The van der Waals surface area contributed by atoms with E-state index >= 15 is 0 Å². The van der Waals surface area contributed by atoms with Crippen LogP contribution in [-0.4, -0.2) is 23.7 Å². The molecule has 0 amide bonds. The first-order chi connectivity index (χ1) is 10.2. The first kappa shape index (κ1) is 19.9. The summed E-state index contributed by atoms with van der Waals surface area (Å²) in [4.78, 5) is 21.6. The SMILES string of the molecule is CCCCC(=O)OCCCCCCCCCCCC(=O)O. The summed E-state index contributed by atoms with van der Waals surface area (Å²) in [7, 11) is 0. The molecule has 4 nitrogen and oxygen atoms in total. The largest absolute Gasteiger partial charge is 0.481 e. The van der Waals surface area contributed by atoms with Gasteiger partial charge in [0, 0.05) is 12.8 Å². The Morgan fingerprint density at radius 1 is 0.762 bits per heavy atom. The molecular weight excluding hydrogens is 268 g/mol. The molecule has 0 saturated carbocycles. The van der Waals surface area contributed by atoms with Gasteiger partial charge in [0.25, 0.3) is 0 Å². The lowest BCUT2D eigenvalue weighted by Gasteiger charge is -2.04. The molecule has 0 aliphatic carbocycles. The van der Waals surface area contributed by atoms with Gasteiger partial charge in [0.1, 0.15) is 0 Å². The summed E-state index contributed by atoms with van der Waals surface area (Å²) >= 11 is 0. The van der Waals surface area contributed by atoms with Crippen LogP contribution in [0.2, 0.25) is 0 Å². The predicted octanol–water partition coefficient (Wildman–Crippen LogP) is 4.71. The number of carbonyl (C=O) groups excluding carboxylic acids is 1. The van der Waals surface area contributed by atoms with Crippen LogP contribution in [0.5, 0.6) is 0 Å². The second kappa shape index (κ2) is 15.3. The number of aliphatic carboxylic acids is 1. The van der Waals surface area contributed by atoms with E-state index in [0.717, 1.165) is 44.9 Å². The highest BCUT2D eigenvalue weighted by Gasteiger charge is 2.01. The molecule has 4 heteroatoms. The van der Waals surface area contributed by atoms with Crippen molar-refractivity contribution in [1.29, 1.82) is 0 Å². The second-order valence-corrected chi connectivity index (χ2v) is 5.65. The van der Waals surface area contributed by atoms with Gasteiger partial charge in [-0.1, -0.05) is 58.3 Å². The standard InChI is InChI=1S/C17H32O4/c1-2-3-14-17(20)21-15-12-10-8-6-4-5-7-9-11-13-16(18)19/h2-15H2,1H3,(H,18,19). The van der Waals surface area contributed by atoms with Crippen LogP contribution in [0.15, 0.2) is 0 Å². The van der Waals surface area contributed by atoms with Gasteiger partial charge in [-0.05, 0) is 19.3 Å². The van der Waals surface area contributed by atoms with Gasteiger partial charge < -0.3 is 9.84 Å². The van der Waals surface area contributed by atoms with Crippen molar-refractivity contribution in [3.63, 3.8) is 0 Å². The molecule has 0 spiro atoms. The minimum absolute atomic E-state index is 0.0572. The van der Waals surface area contributed by atoms with Crippen LogP contribution in [0.4, 0.5) is 0 Å². The first-order valence-electron chi connectivity index (χ1n) is 8.54. The van der Waals surface area contributed by atoms with Crippen molar-refractivity contribution in [2.75, 3.05) is 6.61 Å². The molecule has 0 saturated heterocycles. The predicted molar refractivity (Wildman–Crippen MR) is 84.3 cm³/mol. The summed E-state index contributed by atoms with van der Waals surface area (Å²) in [5, 5.41) is 8.50. The second-order valence-electron chi connectivity index (χ2n) is 5.65. The van der Waals surface area contributed by atoms with Gasteiger partial charge in [-0.3, -0.25) is 9.59 Å². The summed E-state index contributed by atoms with van der Waals surface area (Å²) in [6.07, 6.45) is 12.7. The number of hydrogen-bond acceptors (Lipinski definition) is 3. The fourth-order valence-electron chi connectivity index (χ4n) is 2.20. The molecule has 0 aliphatic heterocycles. The normalized spacial score (nSPS) is 10.5. The molecule has 0 aliphatic rings. The average molecular weight is 300 g/mol. The Balaban J connectivity index is 3.09. The van der Waals surface area contributed by atoms with E-state index in [1.807, 2.05) is 0 Å². The number of carboxylic acids is 1. The highest BCUT2D eigenvalue weighted by molar-refractivity contribution is 5.69. The molecule has 0 rings (SSSR count). The lowest BCUT2D eigenvalue weighted by molar-refractivity contribution is -0.144. The fraction of sp³-hybridized carbons (Fsp3) is 0.882. The van der Waals surface area contributed by atoms with Gasteiger partial charge >= 0.3 is 11.9 Å². The van der Waals surface area contributed by atoms with E-state index in [4.69, 9.17) is 9.84 Å².